The van der Waals surface area contributed by atoms with Gasteiger partial charge in [-0.1, -0.05) is 36.4 Å². The molecule has 170 valence electrons. The lowest BCUT2D eigenvalue weighted by Gasteiger charge is -2.16. The molecule has 1 unspecified atom stereocenters. The Morgan fingerprint density at radius 1 is 1.09 bits per heavy atom. The summed E-state index contributed by atoms with van der Waals surface area (Å²) in [6, 6.07) is 15.5. The van der Waals surface area contributed by atoms with Crippen LogP contribution in [0.3, 0.4) is 0 Å². The normalized spacial score (nSPS) is 18.0. The fraction of sp³-hybridized carbons (Fsp3) is 0.333. The Kier molecular flexibility index (Phi) is 5.53. The topological polar surface area (TPSA) is 89.2 Å². The Labute approximate surface area is 189 Å². The van der Waals surface area contributed by atoms with Gasteiger partial charge in [0, 0.05) is 36.8 Å². The van der Waals surface area contributed by atoms with E-state index in [4.69, 9.17) is 0 Å². The minimum atomic E-state index is -0.526. The number of anilines is 1. The summed E-state index contributed by atoms with van der Waals surface area (Å²) in [5, 5.41) is 7.34. The number of hydrogen-bond donors (Lipinski definition) is 1. The fourth-order valence-corrected chi connectivity index (χ4v) is 4.22. The van der Waals surface area contributed by atoms with Crippen LogP contribution in [0.25, 0.3) is 11.4 Å². The highest BCUT2D eigenvalue weighted by Gasteiger charge is 2.35. The first-order valence-corrected chi connectivity index (χ1v) is 11.1. The second-order valence-corrected chi connectivity index (χ2v) is 8.47. The molecule has 9 heteroatoms. The van der Waals surface area contributed by atoms with Crippen LogP contribution in [0.4, 0.5) is 10.1 Å². The quantitative estimate of drug-likeness (QED) is 0.600. The summed E-state index contributed by atoms with van der Waals surface area (Å²) in [4.78, 5) is 39.3. The van der Waals surface area contributed by atoms with Crippen LogP contribution in [0, 0.1) is 11.7 Å². The van der Waals surface area contributed by atoms with Gasteiger partial charge in [-0.2, -0.15) is 0 Å². The van der Waals surface area contributed by atoms with Gasteiger partial charge in [-0.15, -0.1) is 5.10 Å². The number of nitrogens with zero attached hydrogens (tertiary/aromatic N) is 4. The van der Waals surface area contributed by atoms with Gasteiger partial charge in [-0.25, -0.2) is 13.9 Å². The monoisotopic (exact) mass is 449 g/mol. The molecule has 1 aromatic heterocycles. The molecule has 1 saturated carbocycles. The summed E-state index contributed by atoms with van der Waals surface area (Å²) in [6.07, 6.45) is 1.98. The maximum atomic E-state index is 13.5. The molecule has 8 nitrogen and oxygen atoms in total. The highest BCUT2D eigenvalue weighted by molar-refractivity contribution is 6.00. The van der Waals surface area contributed by atoms with E-state index >= 15 is 0 Å². The Morgan fingerprint density at radius 2 is 1.88 bits per heavy atom. The molecule has 2 aliphatic rings. The Balaban J connectivity index is 1.23. The molecule has 1 aliphatic heterocycles. The van der Waals surface area contributed by atoms with E-state index in [1.54, 1.807) is 10.6 Å². The SMILES string of the molecule is O=C(NCCn1nc(-c2ccccc2)n(C2CC2)c1=O)C1CC(=O)N(c2cccc(F)c2)C1. The van der Waals surface area contributed by atoms with Gasteiger partial charge < -0.3 is 10.2 Å². The van der Waals surface area contributed by atoms with E-state index in [0.29, 0.717) is 11.5 Å². The Hall–Kier alpha value is -3.75. The summed E-state index contributed by atoms with van der Waals surface area (Å²) in [5.74, 6) is -0.796. The number of carbonyl (C=O) groups is 2. The van der Waals surface area contributed by atoms with Crippen molar-refractivity contribution in [3.63, 3.8) is 0 Å². The summed E-state index contributed by atoms with van der Waals surface area (Å²) < 4.78 is 16.6. The highest BCUT2D eigenvalue weighted by atomic mass is 19.1. The van der Waals surface area contributed by atoms with Crippen molar-refractivity contribution >= 4 is 17.5 Å². The zero-order chi connectivity index (χ0) is 22.9. The minimum absolute atomic E-state index is 0.0662. The maximum absolute atomic E-state index is 13.5. The van der Waals surface area contributed by atoms with E-state index < -0.39 is 11.7 Å². The van der Waals surface area contributed by atoms with Crippen LogP contribution in [0.1, 0.15) is 25.3 Å². The van der Waals surface area contributed by atoms with Crippen molar-refractivity contribution in [2.75, 3.05) is 18.0 Å². The maximum Gasteiger partial charge on any atom is 0.346 e. The number of benzene rings is 2. The molecular formula is C24H24FN5O3. The van der Waals surface area contributed by atoms with Gasteiger partial charge in [0.05, 0.1) is 12.5 Å². The Bertz CT molecular complexity index is 1250. The third-order valence-corrected chi connectivity index (χ3v) is 6.05. The summed E-state index contributed by atoms with van der Waals surface area (Å²) in [6.45, 7) is 0.653. The highest BCUT2D eigenvalue weighted by Crippen LogP contribution is 2.36. The smallest absolute Gasteiger partial charge is 0.346 e. The van der Waals surface area contributed by atoms with Crippen LogP contribution < -0.4 is 15.9 Å². The predicted molar refractivity (Wildman–Crippen MR) is 120 cm³/mol. The van der Waals surface area contributed by atoms with Crippen molar-refractivity contribution in [2.45, 2.75) is 31.8 Å². The van der Waals surface area contributed by atoms with E-state index in [-0.39, 0.29) is 49.6 Å². The lowest BCUT2D eigenvalue weighted by molar-refractivity contribution is -0.126. The van der Waals surface area contributed by atoms with Crippen molar-refractivity contribution < 1.29 is 14.0 Å². The first-order valence-electron chi connectivity index (χ1n) is 11.1. The van der Waals surface area contributed by atoms with Gasteiger partial charge in [0.2, 0.25) is 11.8 Å². The molecule has 3 aromatic rings. The Morgan fingerprint density at radius 3 is 2.61 bits per heavy atom. The van der Waals surface area contributed by atoms with E-state index in [2.05, 4.69) is 10.4 Å². The molecule has 1 atom stereocenters. The number of nitrogens with one attached hydrogen (secondary N) is 1. The first-order chi connectivity index (χ1) is 16.0. The molecule has 1 N–H and O–H groups in total. The molecule has 0 spiro atoms. The number of halogens is 1. The molecule has 2 aromatic carbocycles. The van der Waals surface area contributed by atoms with Crippen LogP contribution in [-0.4, -0.2) is 39.3 Å². The van der Waals surface area contributed by atoms with E-state index in [1.165, 1.54) is 27.8 Å². The van der Waals surface area contributed by atoms with Crippen molar-refractivity contribution in [3.05, 3.63) is 70.9 Å². The standard InChI is InChI=1S/C24H24FN5O3/c25-18-7-4-8-20(14-18)28-15-17(13-21(28)31)23(32)26-11-12-29-24(33)30(19-9-10-19)22(27-29)16-5-2-1-3-6-16/h1-8,14,17,19H,9-13,15H2,(H,26,32). The average molecular weight is 449 g/mol. The van der Waals surface area contributed by atoms with Crippen LogP contribution in [-0.2, 0) is 16.1 Å². The van der Waals surface area contributed by atoms with E-state index in [9.17, 15) is 18.8 Å². The van der Waals surface area contributed by atoms with Crippen molar-refractivity contribution in [1.29, 1.82) is 0 Å². The lowest BCUT2D eigenvalue weighted by atomic mass is 10.1. The lowest BCUT2D eigenvalue weighted by Crippen LogP contribution is -2.36. The van der Waals surface area contributed by atoms with E-state index in [0.717, 1.165) is 18.4 Å². The van der Waals surface area contributed by atoms with Crippen LogP contribution in [0.15, 0.2) is 59.4 Å². The van der Waals surface area contributed by atoms with Gasteiger partial charge >= 0.3 is 5.69 Å². The number of rotatable bonds is 7. The van der Waals surface area contributed by atoms with E-state index in [1.807, 2.05) is 30.3 Å². The third kappa shape index (κ3) is 4.30. The minimum Gasteiger partial charge on any atom is -0.354 e. The van der Waals surface area contributed by atoms with Gasteiger partial charge in [0.15, 0.2) is 5.82 Å². The van der Waals surface area contributed by atoms with Crippen molar-refractivity contribution in [3.8, 4) is 11.4 Å². The predicted octanol–water partition coefficient (Wildman–Crippen LogP) is 2.36. The zero-order valence-electron chi connectivity index (χ0n) is 18.0. The zero-order valence-corrected chi connectivity index (χ0v) is 18.0. The summed E-state index contributed by atoms with van der Waals surface area (Å²) in [5.41, 5.74) is 1.14. The molecule has 0 radical (unpaired) electrons. The largest absolute Gasteiger partial charge is 0.354 e. The van der Waals surface area contributed by atoms with Gasteiger partial charge in [-0.3, -0.25) is 14.2 Å². The van der Waals surface area contributed by atoms with Crippen LogP contribution in [0.5, 0.6) is 0 Å². The van der Waals surface area contributed by atoms with Crippen molar-refractivity contribution in [2.24, 2.45) is 5.92 Å². The second kappa shape index (κ2) is 8.65. The fourth-order valence-electron chi connectivity index (χ4n) is 4.22. The number of carbonyl (C=O) groups excluding carboxylic acids is 2. The van der Waals surface area contributed by atoms with Crippen molar-refractivity contribution in [1.82, 2.24) is 19.7 Å². The average Bonchev–Trinajstić information content (AvgIpc) is 3.49. The summed E-state index contributed by atoms with van der Waals surface area (Å²) in [7, 11) is 0. The molecule has 1 aliphatic carbocycles. The van der Waals surface area contributed by atoms with Crippen LogP contribution >= 0.6 is 0 Å². The molecule has 5 rings (SSSR count). The van der Waals surface area contributed by atoms with Crippen LogP contribution in [0.2, 0.25) is 0 Å². The molecule has 2 fully saturated rings. The first kappa shape index (κ1) is 21.1. The number of aromatic nitrogens is 3. The van der Waals surface area contributed by atoms with Gasteiger partial charge in [-0.05, 0) is 31.0 Å². The number of hydrogen-bond acceptors (Lipinski definition) is 4. The van der Waals surface area contributed by atoms with Gasteiger partial charge in [0.1, 0.15) is 5.82 Å². The molecule has 2 heterocycles. The molecule has 33 heavy (non-hydrogen) atoms. The third-order valence-electron chi connectivity index (χ3n) is 6.05. The van der Waals surface area contributed by atoms with Gasteiger partial charge in [0.25, 0.3) is 0 Å². The second-order valence-electron chi connectivity index (χ2n) is 8.47. The molecule has 0 bridgehead atoms. The number of amides is 2. The molecule has 2 amide bonds. The molecule has 1 saturated heterocycles. The summed E-state index contributed by atoms with van der Waals surface area (Å²) >= 11 is 0. The molecular weight excluding hydrogens is 425 g/mol.